The molecule has 0 aliphatic heterocycles. The van der Waals surface area contributed by atoms with Crippen LogP contribution in [0.25, 0.3) is 0 Å². The number of rotatable bonds is 7. The molecule has 1 aromatic rings. The number of pyridine rings is 1. The van der Waals surface area contributed by atoms with E-state index in [0.29, 0.717) is 34.6 Å². The fourth-order valence-corrected chi connectivity index (χ4v) is 2.31. The standard InChI is InChI=1S/C13H20Cl2N4O/c1-4-19(5-2)11(20)6-7-17-13-10(15)8-9(14)12(16-3)18-13/h8H,4-7H2,1-3H3,(H2,16,17,18). The van der Waals surface area contributed by atoms with Gasteiger partial charge >= 0.3 is 0 Å². The Morgan fingerprint density at radius 1 is 1.25 bits per heavy atom. The summed E-state index contributed by atoms with van der Waals surface area (Å²) < 4.78 is 0. The van der Waals surface area contributed by atoms with E-state index in [1.54, 1.807) is 18.0 Å². The number of aromatic nitrogens is 1. The number of hydrogen-bond acceptors (Lipinski definition) is 4. The molecule has 112 valence electrons. The number of nitrogens with zero attached hydrogens (tertiary/aromatic N) is 2. The zero-order valence-electron chi connectivity index (χ0n) is 12.0. The lowest BCUT2D eigenvalue weighted by atomic mass is 10.3. The largest absolute Gasteiger partial charge is 0.372 e. The number of carbonyl (C=O) groups is 1. The van der Waals surface area contributed by atoms with Crippen molar-refractivity contribution in [1.82, 2.24) is 9.88 Å². The molecule has 20 heavy (non-hydrogen) atoms. The first-order valence-electron chi connectivity index (χ1n) is 6.58. The van der Waals surface area contributed by atoms with E-state index in [1.807, 2.05) is 13.8 Å². The molecule has 0 saturated carbocycles. The second-order valence-corrected chi connectivity index (χ2v) is 4.96. The maximum Gasteiger partial charge on any atom is 0.224 e. The van der Waals surface area contributed by atoms with E-state index in [0.717, 1.165) is 13.1 Å². The van der Waals surface area contributed by atoms with Crippen molar-refractivity contribution in [2.75, 3.05) is 37.3 Å². The molecule has 0 aliphatic carbocycles. The lowest BCUT2D eigenvalue weighted by Crippen LogP contribution is -2.31. The summed E-state index contributed by atoms with van der Waals surface area (Å²) in [5.41, 5.74) is 0. The lowest BCUT2D eigenvalue weighted by molar-refractivity contribution is -0.130. The number of carbonyl (C=O) groups excluding carboxylic acids is 1. The highest BCUT2D eigenvalue weighted by Gasteiger charge is 2.11. The highest BCUT2D eigenvalue weighted by Crippen LogP contribution is 2.28. The van der Waals surface area contributed by atoms with E-state index in [-0.39, 0.29) is 5.91 Å². The molecule has 0 aromatic carbocycles. The quantitative estimate of drug-likeness (QED) is 0.811. The van der Waals surface area contributed by atoms with Crippen molar-refractivity contribution >= 4 is 40.7 Å². The molecule has 0 unspecified atom stereocenters. The summed E-state index contributed by atoms with van der Waals surface area (Å²) in [6.45, 7) is 5.85. The predicted molar refractivity (Wildman–Crippen MR) is 84.8 cm³/mol. The molecule has 0 radical (unpaired) electrons. The minimum atomic E-state index is 0.112. The molecule has 0 fully saturated rings. The number of anilines is 2. The van der Waals surface area contributed by atoms with Crippen LogP contribution in [0.3, 0.4) is 0 Å². The molecule has 0 saturated heterocycles. The van der Waals surface area contributed by atoms with Crippen molar-refractivity contribution in [1.29, 1.82) is 0 Å². The topological polar surface area (TPSA) is 57.3 Å². The number of nitrogens with one attached hydrogen (secondary N) is 2. The van der Waals surface area contributed by atoms with Crippen molar-refractivity contribution in [3.05, 3.63) is 16.1 Å². The van der Waals surface area contributed by atoms with Crippen molar-refractivity contribution in [3.8, 4) is 0 Å². The summed E-state index contributed by atoms with van der Waals surface area (Å²) in [6, 6.07) is 1.62. The lowest BCUT2D eigenvalue weighted by Gasteiger charge is -2.18. The van der Waals surface area contributed by atoms with Crippen LogP contribution in [0.5, 0.6) is 0 Å². The number of halogens is 2. The molecule has 1 rings (SSSR count). The molecular weight excluding hydrogens is 299 g/mol. The van der Waals surface area contributed by atoms with Gasteiger partial charge < -0.3 is 15.5 Å². The Morgan fingerprint density at radius 2 is 1.85 bits per heavy atom. The fraction of sp³-hybridized carbons (Fsp3) is 0.538. The van der Waals surface area contributed by atoms with E-state index >= 15 is 0 Å². The summed E-state index contributed by atoms with van der Waals surface area (Å²) in [6.07, 6.45) is 0.400. The summed E-state index contributed by atoms with van der Waals surface area (Å²) in [7, 11) is 1.73. The Labute approximate surface area is 129 Å². The van der Waals surface area contributed by atoms with Crippen molar-refractivity contribution in [3.63, 3.8) is 0 Å². The first kappa shape index (κ1) is 16.9. The van der Waals surface area contributed by atoms with Crippen LogP contribution in [0.15, 0.2) is 6.07 Å². The summed E-state index contributed by atoms with van der Waals surface area (Å²) >= 11 is 12.0. The first-order valence-corrected chi connectivity index (χ1v) is 7.34. The highest BCUT2D eigenvalue weighted by atomic mass is 35.5. The van der Waals surface area contributed by atoms with Gasteiger partial charge in [0.15, 0.2) is 0 Å². The molecule has 2 N–H and O–H groups in total. The Balaban J connectivity index is 2.60. The van der Waals surface area contributed by atoms with Crippen LogP contribution in [0.2, 0.25) is 10.0 Å². The van der Waals surface area contributed by atoms with Gasteiger partial charge in [0.05, 0.1) is 10.0 Å². The van der Waals surface area contributed by atoms with Crippen molar-refractivity contribution in [2.45, 2.75) is 20.3 Å². The SMILES string of the molecule is CCN(CC)C(=O)CCNc1nc(NC)c(Cl)cc1Cl. The monoisotopic (exact) mass is 318 g/mol. The van der Waals surface area contributed by atoms with Gasteiger partial charge in [-0.15, -0.1) is 0 Å². The Bertz CT molecular complexity index is 464. The van der Waals surface area contributed by atoms with Gasteiger partial charge in [0.25, 0.3) is 0 Å². The van der Waals surface area contributed by atoms with Crippen LogP contribution < -0.4 is 10.6 Å². The fourth-order valence-electron chi connectivity index (χ4n) is 1.79. The van der Waals surface area contributed by atoms with Crippen LogP contribution in [0.4, 0.5) is 11.6 Å². The van der Waals surface area contributed by atoms with E-state index in [4.69, 9.17) is 23.2 Å². The maximum absolute atomic E-state index is 11.9. The number of hydrogen-bond donors (Lipinski definition) is 2. The first-order chi connectivity index (χ1) is 9.53. The van der Waals surface area contributed by atoms with Gasteiger partial charge in [-0.05, 0) is 19.9 Å². The molecule has 1 aromatic heterocycles. The van der Waals surface area contributed by atoms with Crippen LogP contribution in [-0.2, 0) is 4.79 Å². The summed E-state index contributed by atoms with van der Waals surface area (Å²) in [5, 5.41) is 6.84. The normalized spacial score (nSPS) is 10.2. The second-order valence-electron chi connectivity index (χ2n) is 4.14. The van der Waals surface area contributed by atoms with Gasteiger partial charge in [0, 0.05) is 33.1 Å². The molecule has 0 aliphatic rings. The van der Waals surface area contributed by atoms with Crippen LogP contribution in [0, 0.1) is 0 Å². The van der Waals surface area contributed by atoms with E-state index in [1.165, 1.54) is 0 Å². The molecule has 0 spiro atoms. The van der Waals surface area contributed by atoms with E-state index < -0.39 is 0 Å². The predicted octanol–water partition coefficient (Wildman–Crippen LogP) is 3.10. The molecule has 0 bridgehead atoms. The molecular formula is C13H20Cl2N4O. The Morgan fingerprint density at radius 3 is 2.40 bits per heavy atom. The minimum Gasteiger partial charge on any atom is -0.372 e. The molecule has 1 amide bonds. The maximum atomic E-state index is 11.9. The molecule has 1 heterocycles. The summed E-state index contributed by atoms with van der Waals surface area (Å²) in [5.74, 6) is 1.18. The molecule has 7 heteroatoms. The zero-order chi connectivity index (χ0) is 15.1. The minimum absolute atomic E-state index is 0.112. The Hall–Kier alpha value is -1.20. The van der Waals surface area contributed by atoms with Crippen LogP contribution >= 0.6 is 23.2 Å². The Kier molecular flexibility index (Phi) is 6.88. The highest BCUT2D eigenvalue weighted by molar-refractivity contribution is 6.37. The van der Waals surface area contributed by atoms with Gasteiger partial charge in [-0.25, -0.2) is 4.98 Å². The zero-order valence-corrected chi connectivity index (χ0v) is 13.5. The van der Waals surface area contributed by atoms with Gasteiger partial charge in [-0.2, -0.15) is 0 Å². The number of amides is 1. The van der Waals surface area contributed by atoms with Crippen molar-refractivity contribution < 1.29 is 4.79 Å². The molecule has 5 nitrogen and oxygen atoms in total. The smallest absolute Gasteiger partial charge is 0.224 e. The van der Waals surface area contributed by atoms with Crippen LogP contribution in [-0.4, -0.2) is 42.5 Å². The third-order valence-corrected chi connectivity index (χ3v) is 3.49. The third kappa shape index (κ3) is 4.42. The molecule has 0 atom stereocenters. The average Bonchev–Trinajstić information content (AvgIpc) is 2.42. The van der Waals surface area contributed by atoms with Gasteiger partial charge in [-0.1, -0.05) is 23.2 Å². The van der Waals surface area contributed by atoms with E-state index in [2.05, 4.69) is 15.6 Å². The third-order valence-electron chi connectivity index (χ3n) is 2.91. The summed E-state index contributed by atoms with van der Waals surface area (Å²) in [4.78, 5) is 17.9. The van der Waals surface area contributed by atoms with Crippen molar-refractivity contribution in [2.24, 2.45) is 0 Å². The van der Waals surface area contributed by atoms with Crippen LogP contribution in [0.1, 0.15) is 20.3 Å². The van der Waals surface area contributed by atoms with Gasteiger partial charge in [-0.3, -0.25) is 4.79 Å². The van der Waals surface area contributed by atoms with Gasteiger partial charge in [0.2, 0.25) is 5.91 Å². The van der Waals surface area contributed by atoms with E-state index in [9.17, 15) is 4.79 Å². The van der Waals surface area contributed by atoms with Gasteiger partial charge in [0.1, 0.15) is 11.6 Å². The second kappa shape index (κ2) is 8.17. The average molecular weight is 319 g/mol.